The van der Waals surface area contributed by atoms with Crippen molar-refractivity contribution in [2.24, 2.45) is 0 Å². The summed E-state index contributed by atoms with van der Waals surface area (Å²) in [7, 11) is 1.57. The second-order valence-electron chi connectivity index (χ2n) is 7.23. The van der Waals surface area contributed by atoms with Crippen LogP contribution in [0.1, 0.15) is 29.2 Å². The van der Waals surface area contributed by atoms with E-state index in [1.54, 1.807) is 54.1 Å². The lowest BCUT2D eigenvalue weighted by Crippen LogP contribution is -2.14. The second-order valence-corrected chi connectivity index (χ2v) is 7.67. The minimum Gasteiger partial charge on any atom is -0.496 e. The highest BCUT2D eigenvalue weighted by Crippen LogP contribution is 2.36. The first-order chi connectivity index (χ1) is 14.5. The summed E-state index contributed by atoms with van der Waals surface area (Å²) < 4.78 is 7.12. The summed E-state index contributed by atoms with van der Waals surface area (Å²) in [5.41, 5.74) is 3.14. The summed E-state index contributed by atoms with van der Waals surface area (Å²) >= 11 is 6.09. The molecule has 2 aromatic heterocycles. The normalized spacial score (nSPS) is 13.5. The monoisotopic (exact) mass is 423 g/mol. The predicted octanol–water partition coefficient (Wildman–Crippen LogP) is 3.97. The largest absolute Gasteiger partial charge is 0.496 e. The van der Waals surface area contributed by atoms with Gasteiger partial charge in [0.1, 0.15) is 5.75 Å². The topological polar surface area (TPSA) is 105 Å². The first-order valence-corrected chi connectivity index (χ1v) is 9.86. The molecule has 9 heteroatoms. The molecule has 1 amide bonds. The molecule has 0 saturated heterocycles. The minimum absolute atomic E-state index is 0.141. The van der Waals surface area contributed by atoms with Gasteiger partial charge in [0.15, 0.2) is 5.82 Å². The number of fused-ring (bicyclic) bond motifs is 1. The SMILES string of the molecule is COc1ccc(Cl)cc1-c1cc(NC(=O)c2ccc3c(c2)[nH]c(=O)n3C2CC2)n[nH]1. The van der Waals surface area contributed by atoms with Crippen LogP contribution in [0.2, 0.25) is 5.02 Å². The Morgan fingerprint density at radius 1 is 1.23 bits per heavy atom. The molecular formula is C21H18ClN5O3. The third kappa shape index (κ3) is 3.25. The number of carbonyl (C=O) groups is 1. The molecule has 8 nitrogen and oxygen atoms in total. The number of aromatic nitrogens is 4. The highest BCUT2D eigenvalue weighted by atomic mass is 35.5. The first-order valence-electron chi connectivity index (χ1n) is 9.48. The third-order valence-electron chi connectivity index (χ3n) is 5.16. The van der Waals surface area contributed by atoms with Crippen LogP contribution in [0, 0.1) is 0 Å². The van der Waals surface area contributed by atoms with Crippen molar-refractivity contribution in [3.05, 3.63) is 63.5 Å². The predicted molar refractivity (Wildman–Crippen MR) is 114 cm³/mol. The number of imidazole rings is 1. The number of H-pyrrole nitrogens is 2. The highest BCUT2D eigenvalue weighted by molar-refractivity contribution is 6.31. The Balaban J connectivity index is 1.40. The molecule has 5 rings (SSSR count). The van der Waals surface area contributed by atoms with E-state index in [-0.39, 0.29) is 17.6 Å². The van der Waals surface area contributed by atoms with Crippen molar-refractivity contribution in [3.63, 3.8) is 0 Å². The summed E-state index contributed by atoms with van der Waals surface area (Å²) in [6, 6.07) is 12.4. The van der Waals surface area contributed by atoms with E-state index in [2.05, 4.69) is 20.5 Å². The molecule has 0 atom stereocenters. The van der Waals surface area contributed by atoms with Crippen LogP contribution in [-0.4, -0.2) is 32.8 Å². The maximum Gasteiger partial charge on any atom is 0.326 e. The Kier molecular flexibility index (Phi) is 4.36. The van der Waals surface area contributed by atoms with E-state index in [4.69, 9.17) is 16.3 Å². The van der Waals surface area contributed by atoms with E-state index >= 15 is 0 Å². The van der Waals surface area contributed by atoms with Crippen molar-refractivity contribution in [2.45, 2.75) is 18.9 Å². The molecular weight excluding hydrogens is 406 g/mol. The number of carbonyl (C=O) groups excluding carboxylic acids is 1. The second kappa shape index (κ2) is 7.07. The smallest absolute Gasteiger partial charge is 0.326 e. The van der Waals surface area contributed by atoms with Gasteiger partial charge in [-0.2, -0.15) is 5.10 Å². The molecule has 0 radical (unpaired) electrons. The number of hydrogen-bond acceptors (Lipinski definition) is 4. The molecule has 0 spiro atoms. The molecule has 152 valence electrons. The Hall–Kier alpha value is -3.52. The van der Waals surface area contributed by atoms with E-state index < -0.39 is 0 Å². The fourth-order valence-electron chi connectivity index (χ4n) is 3.57. The molecule has 0 unspecified atom stereocenters. The lowest BCUT2D eigenvalue weighted by atomic mass is 10.1. The zero-order valence-electron chi connectivity index (χ0n) is 16.0. The molecule has 1 aliphatic carbocycles. The minimum atomic E-state index is -0.326. The molecule has 1 fully saturated rings. The van der Waals surface area contributed by atoms with Crippen molar-refractivity contribution in [1.82, 2.24) is 19.7 Å². The summed E-state index contributed by atoms with van der Waals surface area (Å²) in [5, 5.41) is 10.4. The van der Waals surface area contributed by atoms with Gasteiger partial charge in [0.2, 0.25) is 0 Å². The number of methoxy groups -OCH3 is 1. The molecule has 1 aliphatic rings. The molecule has 2 heterocycles. The van der Waals surface area contributed by atoms with Crippen molar-refractivity contribution < 1.29 is 9.53 Å². The average molecular weight is 424 g/mol. The Morgan fingerprint density at radius 2 is 2.07 bits per heavy atom. The molecule has 4 aromatic rings. The number of halogens is 1. The van der Waals surface area contributed by atoms with Gasteiger partial charge in [0, 0.05) is 28.3 Å². The van der Waals surface area contributed by atoms with Gasteiger partial charge in [-0.05, 0) is 49.2 Å². The number of ether oxygens (including phenoxy) is 1. The Labute approximate surface area is 175 Å². The summed E-state index contributed by atoms with van der Waals surface area (Å²) in [5.74, 6) is 0.671. The van der Waals surface area contributed by atoms with Crippen LogP contribution in [0.3, 0.4) is 0 Å². The van der Waals surface area contributed by atoms with Crippen LogP contribution in [0.5, 0.6) is 5.75 Å². The number of aromatic amines is 2. The van der Waals surface area contributed by atoms with E-state index in [9.17, 15) is 9.59 Å². The number of benzene rings is 2. The number of amides is 1. The van der Waals surface area contributed by atoms with Crippen molar-refractivity contribution in [3.8, 4) is 17.0 Å². The summed E-state index contributed by atoms with van der Waals surface area (Å²) in [6.07, 6.45) is 2.02. The van der Waals surface area contributed by atoms with Crippen LogP contribution < -0.4 is 15.7 Å². The highest BCUT2D eigenvalue weighted by Gasteiger charge is 2.27. The maximum atomic E-state index is 12.7. The maximum absolute atomic E-state index is 12.7. The Bertz CT molecular complexity index is 1330. The van der Waals surface area contributed by atoms with Gasteiger partial charge >= 0.3 is 5.69 Å². The summed E-state index contributed by atoms with van der Waals surface area (Å²) in [6.45, 7) is 0. The molecule has 30 heavy (non-hydrogen) atoms. The van der Waals surface area contributed by atoms with Crippen LogP contribution in [0.25, 0.3) is 22.3 Å². The van der Waals surface area contributed by atoms with E-state index in [1.807, 2.05) is 0 Å². The lowest BCUT2D eigenvalue weighted by Gasteiger charge is -2.06. The average Bonchev–Trinajstić information content (AvgIpc) is 3.36. The Morgan fingerprint density at radius 3 is 2.83 bits per heavy atom. The van der Waals surface area contributed by atoms with Crippen molar-refractivity contribution >= 4 is 34.4 Å². The number of anilines is 1. The van der Waals surface area contributed by atoms with Gasteiger partial charge < -0.3 is 15.0 Å². The molecule has 2 aromatic carbocycles. The van der Waals surface area contributed by atoms with Gasteiger partial charge in [-0.15, -0.1) is 0 Å². The van der Waals surface area contributed by atoms with Gasteiger partial charge in [-0.3, -0.25) is 14.5 Å². The third-order valence-corrected chi connectivity index (χ3v) is 5.40. The molecule has 0 bridgehead atoms. The van der Waals surface area contributed by atoms with Crippen LogP contribution in [-0.2, 0) is 0 Å². The van der Waals surface area contributed by atoms with E-state index in [1.165, 1.54) is 0 Å². The van der Waals surface area contributed by atoms with Crippen molar-refractivity contribution in [1.29, 1.82) is 0 Å². The van der Waals surface area contributed by atoms with Gasteiger partial charge in [0.25, 0.3) is 5.91 Å². The van der Waals surface area contributed by atoms with Crippen LogP contribution in [0.4, 0.5) is 5.82 Å². The fraction of sp³-hybridized carbons (Fsp3) is 0.190. The lowest BCUT2D eigenvalue weighted by molar-refractivity contribution is 0.102. The molecule has 1 saturated carbocycles. The van der Waals surface area contributed by atoms with Crippen LogP contribution in [0.15, 0.2) is 47.3 Å². The zero-order valence-corrected chi connectivity index (χ0v) is 16.8. The van der Waals surface area contributed by atoms with Crippen LogP contribution >= 0.6 is 11.6 Å². The van der Waals surface area contributed by atoms with E-state index in [0.717, 1.165) is 23.9 Å². The fourth-order valence-corrected chi connectivity index (χ4v) is 3.74. The van der Waals surface area contributed by atoms with E-state index in [0.29, 0.717) is 33.4 Å². The molecule has 3 N–H and O–H groups in total. The number of hydrogen-bond donors (Lipinski definition) is 3. The standard InChI is InChI=1S/C21H18ClN5O3/c1-30-18-7-3-12(22)9-14(18)15-10-19(26-25-15)24-20(28)11-2-6-17-16(8-11)23-21(29)27(17)13-4-5-13/h2-3,6-10,13H,4-5H2,1H3,(H,23,29)(H2,24,25,26,28). The number of rotatable bonds is 5. The van der Waals surface area contributed by atoms with Gasteiger partial charge in [-0.25, -0.2) is 4.79 Å². The number of nitrogens with zero attached hydrogens (tertiary/aromatic N) is 2. The number of nitrogens with one attached hydrogen (secondary N) is 3. The van der Waals surface area contributed by atoms with Gasteiger partial charge in [0.05, 0.1) is 23.8 Å². The quantitative estimate of drug-likeness (QED) is 0.451. The first kappa shape index (κ1) is 18.5. The van der Waals surface area contributed by atoms with Gasteiger partial charge in [-0.1, -0.05) is 11.6 Å². The zero-order chi connectivity index (χ0) is 20.8. The summed E-state index contributed by atoms with van der Waals surface area (Å²) in [4.78, 5) is 27.7. The molecule has 0 aliphatic heterocycles. The van der Waals surface area contributed by atoms with Crippen molar-refractivity contribution in [2.75, 3.05) is 12.4 Å².